The zero-order valence-corrected chi connectivity index (χ0v) is 19.3. The number of amides is 3. The van der Waals surface area contributed by atoms with E-state index in [1.807, 2.05) is 0 Å². The smallest absolute Gasteiger partial charge is 0.339 e. The van der Waals surface area contributed by atoms with Crippen molar-refractivity contribution in [2.75, 3.05) is 20.3 Å². The molecule has 0 aromatic heterocycles. The summed E-state index contributed by atoms with van der Waals surface area (Å²) in [5.74, 6) is -1.55. The van der Waals surface area contributed by atoms with E-state index < -0.39 is 24.0 Å². The summed E-state index contributed by atoms with van der Waals surface area (Å²) in [6.45, 7) is 3.14. The summed E-state index contributed by atoms with van der Waals surface area (Å²) < 4.78 is 10.5. The van der Waals surface area contributed by atoms with Crippen LogP contribution in [0.2, 0.25) is 0 Å². The van der Waals surface area contributed by atoms with Crippen molar-refractivity contribution in [3.05, 3.63) is 46.7 Å². The lowest BCUT2D eigenvalue weighted by Gasteiger charge is -2.31. The summed E-state index contributed by atoms with van der Waals surface area (Å²) in [5.41, 5.74) is 0.737. The van der Waals surface area contributed by atoms with E-state index >= 15 is 0 Å². The second kappa shape index (κ2) is 11.0. The Bertz CT molecular complexity index is 951. The molecule has 0 spiro atoms. The Morgan fingerprint density at radius 1 is 1.03 bits per heavy atom. The first-order chi connectivity index (χ1) is 15.8. The van der Waals surface area contributed by atoms with E-state index in [0.29, 0.717) is 0 Å². The Hall–Kier alpha value is -3.36. The van der Waals surface area contributed by atoms with Crippen LogP contribution in [0.3, 0.4) is 0 Å². The predicted octanol–water partition coefficient (Wildman–Crippen LogP) is 2.77. The number of hydrogen-bond acceptors (Lipinski definition) is 6. The lowest BCUT2D eigenvalue weighted by Crippen LogP contribution is -2.50. The van der Waals surface area contributed by atoms with Crippen LogP contribution in [0, 0.1) is 0 Å². The molecule has 1 fully saturated rings. The molecule has 1 aromatic rings. The summed E-state index contributed by atoms with van der Waals surface area (Å²) in [7, 11) is 1.77. The Morgan fingerprint density at radius 2 is 1.70 bits per heavy atom. The normalized spacial score (nSPS) is 18.8. The summed E-state index contributed by atoms with van der Waals surface area (Å²) in [6.07, 6.45) is 5.25. The van der Waals surface area contributed by atoms with Crippen molar-refractivity contribution in [3.63, 3.8) is 0 Å². The standard InChI is InChI=1S/C24H31N3O6/c1-4-32-23(30)20-15(2)25-24(31)26-19(20)14-33-22(29)18-13-9-8-12-17(18)21(28)27(3)16-10-6-5-7-11-16/h8-9,12-13,15-16H,4-7,10-11,14H2,1-3H3,(H2,25,26,31)/t15-/m1/s1. The van der Waals surface area contributed by atoms with Gasteiger partial charge in [-0.2, -0.15) is 0 Å². The highest BCUT2D eigenvalue weighted by molar-refractivity contribution is 6.05. The van der Waals surface area contributed by atoms with Crippen LogP contribution in [0.1, 0.15) is 66.7 Å². The van der Waals surface area contributed by atoms with Crippen LogP contribution in [0.25, 0.3) is 0 Å². The number of urea groups is 1. The van der Waals surface area contributed by atoms with Crippen LogP contribution >= 0.6 is 0 Å². The molecule has 2 aliphatic rings. The number of nitrogens with zero attached hydrogens (tertiary/aromatic N) is 1. The van der Waals surface area contributed by atoms with E-state index in [4.69, 9.17) is 9.47 Å². The number of benzene rings is 1. The fourth-order valence-corrected chi connectivity index (χ4v) is 4.28. The summed E-state index contributed by atoms with van der Waals surface area (Å²) in [6, 6.07) is 5.54. The van der Waals surface area contributed by atoms with Gasteiger partial charge >= 0.3 is 18.0 Å². The highest BCUT2D eigenvalue weighted by Gasteiger charge is 2.31. The number of esters is 2. The molecule has 0 radical (unpaired) electrons. The minimum Gasteiger partial charge on any atom is -0.463 e. The molecule has 9 heteroatoms. The van der Waals surface area contributed by atoms with Gasteiger partial charge in [0.2, 0.25) is 0 Å². The maximum atomic E-state index is 13.2. The van der Waals surface area contributed by atoms with E-state index in [2.05, 4.69) is 10.6 Å². The number of ether oxygens (including phenoxy) is 2. The second-order valence-corrected chi connectivity index (χ2v) is 8.26. The first-order valence-electron chi connectivity index (χ1n) is 11.3. The van der Waals surface area contributed by atoms with E-state index in [-0.39, 0.29) is 47.6 Å². The average Bonchev–Trinajstić information content (AvgIpc) is 2.81. The summed E-state index contributed by atoms with van der Waals surface area (Å²) in [5, 5.41) is 5.10. The van der Waals surface area contributed by atoms with Crippen molar-refractivity contribution in [2.24, 2.45) is 0 Å². The lowest BCUT2D eigenvalue weighted by atomic mass is 9.94. The van der Waals surface area contributed by atoms with Gasteiger partial charge in [-0.1, -0.05) is 31.4 Å². The number of carbonyl (C=O) groups is 4. The van der Waals surface area contributed by atoms with Crippen LogP contribution in [-0.4, -0.2) is 61.1 Å². The Morgan fingerprint density at radius 3 is 2.36 bits per heavy atom. The third-order valence-corrected chi connectivity index (χ3v) is 6.03. The maximum Gasteiger partial charge on any atom is 0.339 e. The van der Waals surface area contributed by atoms with Crippen LogP contribution in [0.15, 0.2) is 35.5 Å². The molecular weight excluding hydrogens is 426 g/mol. The molecule has 178 valence electrons. The van der Waals surface area contributed by atoms with Crippen LogP contribution in [-0.2, 0) is 14.3 Å². The van der Waals surface area contributed by atoms with Gasteiger partial charge in [0.25, 0.3) is 5.91 Å². The quantitative estimate of drug-likeness (QED) is 0.609. The van der Waals surface area contributed by atoms with Gasteiger partial charge in [0.1, 0.15) is 6.61 Å². The second-order valence-electron chi connectivity index (χ2n) is 8.26. The maximum absolute atomic E-state index is 13.2. The SMILES string of the molecule is CCOC(=O)C1=C(COC(=O)c2ccccc2C(=O)N(C)C2CCCCC2)NC(=O)N[C@@H]1C. The topological polar surface area (TPSA) is 114 Å². The minimum atomic E-state index is -0.716. The molecule has 0 bridgehead atoms. The largest absolute Gasteiger partial charge is 0.463 e. The first-order valence-corrected chi connectivity index (χ1v) is 11.3. The fraction of sp³-hybridized carbons (Fsp3) is 0.500. The van der Waals surface area contributed by atoms with Crippen molar-refractivity contribution in [1.82, 2.24) is 15.5 Å². The summed E-state index contributed by atoms with van der Waals surface area (Å²) in [4.78, 5) is 52.0. The van der Waals surface area contributed by atoms with E-state index in [9.17, 15) is 19.2 Å². The average molecular weight is 458 g/mol. The molecule has 33 heavy (non-hydrogen) atoms. The summed E-state index contributed by atoms with van der Waals surface area (Å²) >= 11 is 0. The molecule has 1 aliphatic heterocycles. The van der Waals surface area contributed by atoms with Gasteiger partial charge in [-0.3, -0.25) is 4.79 Å². The van der Waals surface area contributed by atoms with E-state index in [0.717, 1.165) is 25.7 Å². The van der Waals surface area contributed by atoms with E-state index in [1.165, 1.54) is 12.5 Å². The van der Waals surface area contributed by atoms with Crippen LogP contribution in [0.4, 0.5) is 4.79 Å². The third kappa shape index (κ3) is 5.71. The van der Waals surface area contributed by atoms with Gasteiger partial charge in [-0.15, -0.1) is 0 Å². The Labute approximate surface area is 193 Å². The molecule has 3 rings (SSSR count). The van der Waals surface area contributed by atoms with Gasteiger partial charge in [0.15, 0.2) is 0 Å². The monoisotopic (exact) mass is 457 g/mol. The lowest BCUT2D eigenvalue weighted by molar-refractivity contribution is -0.139. The number of carbonyl (C=O) groups excluding carboxylic acids is 4. The molecule has 3 amide bonds. The molecule has 1 atom stereocenters. The molecule has 9 nitrogen and oxygen atoms in total. The number of rotatable bonds is 7. The van der Waals surface area contributed by atoms with Crippen LogP contribution < -0.4 is 10.6 Å². The van der Waals surface area contributed by atoms with Crippen LogP contribution in [0.5, 0.6) is 0 Å². The van der Waals surface area contributed by atoms with Gasteiger partial charge in [0.05, 0.1) is 35.0 Å². The minimum absolute atomic E-state index is 0.136. The number of hydrogen-bond donors (Lipinski definition) is 2. The highest BCUT2D eigenvalue weighted by atomic mass is 16.5. The Balaban J connectivity index is 1.77. The van der Waals surface area contributed by atoms with Gasteiger partial charge in [-0.25, -0.2) is 14.4 Å². The van der Waals surface area contributed by atoms with Crippen molar-refractivity contribution >= 4 is 23.9 Å². The number of nitrogens with one attached hydrogen (secondary N) is 2. The zero-order chi connectivity index (χ0) is 24.0. The first kappa shape index (κ1) is 24.3. The molecule has 2 N–H and O–H groups in total. The molecule has 1 aliphatic carbocycles. The van der Waals surface area contributed by atoms with Crippen molar-refractivity contribution in [1.29, 1.82) is 0 Å². The van der Waals surface area contributed by atoms with Gasteiger partial charge in [0, 0.05) is 13.1 Å². The fourth-order valence-electron chi connectivity index (χ4n) is 4.28. The van der Waals surface area contributed by atoms with Crippen molar-refractivity contribution < 1.29 is 28.7 Å². The Kier molecular flexibility index (Phi) is 8.08. The molecule has 1 heterocycles. The van der Waals surface area contributed by atoms with Gasteiger partial charge < -0.3 is 25.0 Å². The molecule has 1 saturated carbocycles. The van der Waals surface area contributed by atoms with E-state index in [1.54, 1.807) is 44.0 Å². The van der Waals surface area contributed by atoms with Crippen molar-refractivity contribution in [3.8, 4) is 0 Å². The predicted molar refractivity (Wildman–Crippen MR) is 120 cm³/mol. The molecular formula is C24H31N3O6. The third-order valence-electron chi connectivity index (χ3n) is 6.03. The van der Waals surface area contributed by atoms with Crippen molar-refractivity contribution in [2.45, 2.75) is 58.0 Å². The molecule has 0 unspecified atom stereocenters. The zero-order valence-electron chi connectivity index (χ0n) is 19.3. The highest BCUT2D eigenvalue weighted by Crippen LogP contribution is 2.24. The molecule has 1 aromatic carbocycles. The van der Waals surface area contributed by atoms with Gasteiger partial charge in [-0.05, 0) is 38.8 Å². The molecule has 0 saturated heterocycles.